The van der Waals surface area contributed by atoms with Gasteiger partial charge in [-0.3, -0.25) is 0 Å². The summed E-state index contributed by atoms with van der Waals surface area (Å²) in [7, 11) is 1.98. The molecule has 2 aromatic rings. The number of aromatic nitrogens is 1. The van der Waals surface area contributed by atoms with Gasteiger partial charge in [-0.15, -0.1) is 0 Å². The van der Waals surface area contributed by atoms with Crippen LogP contribution in [0, 0.1) is 0 Å². The molecule has 0 spiro atoms. The molecule has 19 heavy (non-hydrogen) atoms. The van der Waals surface area contributed by atoms with Crippen LogP contribution in [0.2, 0.25) is 0 Å². The van der Waals surface area contributed by atoms with E-state index in [-0.39, 0.29) is 5.97 Å². The summed E-state index contributed by atoms with van der Waals surface area (Å²) in [5, 5.41) is 1.16. The molecular weight excluding hydrogens is 238 g/mol. The minimum atomic E-state index is -0.458. The van der Waals surface area contributed by atoms with Gasteiger partial charge in [-0.1, -0.05) is 18.2 Å². The van der Waals surface area contributed by atoms with Crippen molar-refractivity contribution in [2.75, 3.05) is 0 Å². The van der Waals surface area contributed by atoms with Crippen LogP contribution in [0.3, 0.4) is 0 Å². The predicted molar refractivity (Wildman–Crippen MR) is 77.8 cm³/mol. The maximum atomic E-state index is 11.6. The van der Waals surface area contributed by atoms with E-state index in [0.717, 1.165) is 16.6 Å². The van der Waals surface area contributed by atoms with E-state index < -0.39 is 5.60 Å². The Kier molecular flexibility index (Phi) is 3.47. The summed E-state index contributed by atoms with van der Waals surface area (Å²) >= 11 is 0. The van der Waals surface area contributed by atoms with E-state index in [2.05, 4.69) is 22.8 Å². The van der Waals surface area contributed by atoms with Crippen LogP contribution in [0.4, 0.5) is 0 Å². The summed E-state index contributed by atoms with van der Waals surface area (Å²) in [5.41, 5.74) is 1.67. The van der Waals surface area contributed by atoms with E-state index in [4.69, 9.17) is 4.74 Å². The third-order valence-electron chi connectivity index (χ3n) is 2.79. The van der Waals surface area contributed by atoms with Crippen LogP contribution in [0.1, 0.15) is 26.5 Å². The molecule has 3 nitrogen and oxygen atoms in total. The second-order valence-electron chi connectivity index (χ2n) is 5.55. The number of nitrogens with zero attached hydrogens (tertiary/aromatic N) is 1. The molecule has 0 N–H and O–H groups in total. The molecule has 0 aliphatic rings. The zero-order valence-electron chi connectivity index (χ0n) is 11.8. The van der Waals surface area contributed by atoms with Crippen LogP contribution < -0.4 is 0 Å². The van der Waals surface area contributed by atoms with E-state index >= 15 is 0 Å². The number of para-hydroxylation sites is 1. The molecular formula is C16H19NO2. The number of aryl methyl sites for hydroxylation is 1. The van der Waals surface area contributed by atoms with Crippen molar-refractivity contribution in [2.45, 2.75) is 26.4 Å². The molecule has 0 aliphatic carbocycles. The average Bonchev–Trinajstić information content (AvgIpc) is 2.62. The summed E-state index contributed by atoms with van der Waals surface area (Å²) in [6.07, 6.45) is 3.26. The van der Waals surface area contributed by atoms with Gasteiger partial charge in [0.05, 0.1) is 0 Å². The summed E-state index contributed by atoms with van der Waals surface area (Å²) in [5.74, 6) is -0.322. The smallest absolute Gasteiger partial charge is 0.331 e. The molecule has 0 amide bonds. The standard InChI is InChI=1S/C16H19NO2/c1-16(2,3)19-15(18)10-9-13-11-12-7-5-6-8-14(12)17(13)4/h5-11H,1-4H3/b10-9+. The number of fused-ring (bicyclic) bond motifs is 1. The molecule has 0 fully saturated rings. The fourth-order valence-electron chi connectivity index (χ4n) is 1.96. The second kappa shape index (κ2) is 4.92. The Bertz CT molecular complexity index is 630. The first-order valence-corrected chi connectivity index (χ1v) is 6.32. The van der Waals surface area contributed by atoms with Crippen molar-refractivity contribution >= 4 is 22.9 Å². The van der Waals surface area contributed by atoms with Gasteiger partial charge in [-0.2, -0.15) is 0 Å². The topological polar surface area (TPSA) is 31.2 Å². The molecule has 0 radical (unpaired) electrons. The zero-order valence-corrected chi connectivity index (χ0v) is 11.8. The van der Waals surface area contributed by atoms with Gasteiger partial charge in [0, 0.05) is 29.7 Å². The Morgan fingerprint density at radius 2 is 1.95 bits per heavy atom. The normalized spacial score (nSPS) is 12.2. The van der Waals surface area contributed by atoms with E-state index in [1.54, 1.807) is 6.08 Å². The van der Waals surface area contributed by atoms with Crippen molar-refractivity contribution in [3.05, 3.63) is 42.1 Å². The number of ether oxygens (including phenoxy) is 1. The van der Waals surface area contributed by atoms with Crippen molar-refractivity contribution in [2.24, 2.45) is 7.05 Å². The maximum absolute atomic E-state index is 11.6. The fourth-order valence-corrected chi connectivity index (χ4v) is 1.96. The Morgan fingerprint density at radius 3 is 2.58 bits per heavy atom. The van der Waals surface area contributed by atoms with Gasteiger partial charge in [-0.25, -0.2) is 4.79 Å². The Balaban J connectivity index is 2.22. The van der Waals surface area contributed by atoms with Crippen LogP contribution in [0.5, 0.6) is 0 Å². The SMILES string of the molecule is Cn1c(/C=C/C(=O)OC(C)(C)C)cc2ccccc21. The van der Waals surface area contributed by atoms with Gasteiger partial charge >= 0.3 is 5.97 Å². The number of hydrogen-bond donors (Lipinski definition) is 0. The highest BCUT2D eigenvalue weighted by atomic mass is 16.6. The summed E-state index contributed by atoms with van der Waals surface area (Å²) in [6.45, 7) is 5.57. The largest absolute Gasteiger partial charge is 0.457 e. The highest BCUT2D eigenvalue weighted by Gasteiger charge is 2.14. The number of carbonyl (C=O) groups excluding carboxylic acids is 1. The molecule has 1 aromatic heterocycles. The molecule has 1 heterocycles. The first-order chi connectivity index (χ1) is 8.87. The molecule has 100 valence electrons. The highest BCUT2D eigenvalue weighted by Crippen LogP contribution is 2.19. The minimum absolute atomic E-state index is 0.322. The molecule has 0 aliphatic heterocycles. The van der Waals surface area contributed by atoms with Gasteiger partial charge in [0.1, 0.15) is 5.60 Å². The first kappa shape index (κ1) is 13.4. The lowest BCUT2D eigenvalue weighted by atomic mass is 10.2. The summed E-state index contributed by atoms with van der Waals surface area (Å²) in [4.78, 5) is 11.6. The molecule has 0 saturated carbocycles. The molecule has 3 heteroatoms. The van der Waals surface area contributed by atoms with Crippen LogP contribution >= 0.6 is 0 Å². The summed E-state index contributed by atoms with van der Waals surface area (Å²) in [6, 6.07) is 10.2. The monoisotopic (exact) mass is 257 g/mol. The highest BCUT2D eigenvalue weighted by molar-refractivity contribution is 5.89. The average molecular weight is 257 g/mol. The van der Waals surface area contributed by atoms with Gasteiger partial charge < -0.3 is 9.30 Å². The summed E-state index contributed by atoms with van der Waals surface area (Å²) < 4.78 is 7.29. The van der Waals surface area contributed by atoms with Crippen molar-refractivity contribution < 1.29 is 9.53 Å². The van der Waals surface area contributed by atoms with Gasteiger partial charge in [-0.05, 0) is 39.0 Å². The Morgan fingerprint density at radius 1 is 1.26 bits per heavy atom. The van der Waals surface area contributed by atoms with Crippen molar-refractivity contribution in [3.8, 4) is 0 Å². The van der Waals surface area contributed by atoms with E-state index in [9.17, 15) is 4.79 Å². The molecule has 0 bridgehead atoms. The van der Waals surface area contributed by atoms with Crippen LogP contribution in [-0.2, 0) is 16.6 Å². The quantitative estimate of drug-likeness (QED) is 0.608. The van der Waals surface area contributed by atoms with E-state index in [1.807, 2.05) is 40.0 Å². The fraction of sp³-hybridized carbons (Fsp3) is 0.312. The minimum Gasteiger partial charge on any atom is -0.457 e. The Labute approximate surface area is 113 Å². The maximum Gasteiger partial charge on any atom is 0.331 e. The zero-order chi connectivity index (χ0) is 14.0. The lowest BCUT2D eigenvalue weighted by Crippen LogP contribution is -2.22. The lowest BCUT2D eigenvalue weighted by molar-refractivity contribution is -0.148. The van der Waals surface area contributed by atoms with Crippen LogP contribution in [-0.4, -0.2) is 16.1 Å². The molecule has 0 atom stereocenters. The van der Waals surface area contributed by atoms with Crippen molar-refractivity contribution in [1.82, 2.24) is 4.57 Å². The first-order valence-electron chi connectivity index (χ1n) is 6.32. The van der Waals surface area contributed by atoms with Gasteiger partial charge in [0.25, 0.3) is 0 Å². The van der Waals surface area contributed by atoms with Gasteiger partial charge in [0.2, 0.25) is 0 Å². The predicted octanol–water partition coefficient (Wildman–Crippen LogP) is 3.53. The number of hydrogen-bond acceptors (Lipinski definition) is 2. The third kappa shape index (κ3) is 3.25. The van der Waals surface area contributed by atoms with Crippen LogP contribution in [0.15, 0.2) is 36.4 Å². The molecule has 0 saturated heterocycles. The number of rotatable bonds is 2. The van der Waals surface area contributed by atoms with Crippen molar-refractivity contribution in [1.29, 1.82) is 0 Å². The molecule has 1 aromatic carbocycles. The van der Waals surface area contributed by atoms with E-state index in [0.29, 0.717) is 0 Å². The molecule has 2 rings (SSSR count). The number of benzene rings is 1. The number of esters is 1. The third-order valence-corrected chi connectivity index (χ3v) is 2.79. The van der Waals surface area contributed by atoms with Crippen LogP contribution in [0.25, 0.3) is 17.0 Å². The lowest BCUT2D eigenvalue weighted by Gasteiger charge is -2.17. The Hall–Kier alpha value is -2.03. The van der Waals surface area contributed by atoms with Gasteiger partial charge in [0.15, 0.2) is 0 Å². The second-order valence-corrected chi connectivity index (χ2v) is 5.55. The van der Waals surface area contributed by atoms with E-state index in [1.165, 1.54) is 6.08 Å². The number of carbonyl (C=O) groups is 1. The molecule has 0 unspecified atom stereocenters. The van der Waals surface area contributed by atoms with Crippen molar-refractivity contribution in [3.63, 3.8) is 0 Å².